The highest BCUT2D eigenvalue weighted by Gasteiger charge is 2.32. The second kappa shape index (κ2) is 5.01. The van der Waals surface area contributed by atoms with Gasteiger partial charge in [0.05, 0.1) is 12.5 Å². The molecule has 5 nitrogen and oxygen atoms in total. The second-order valence-corrected chi connectivity index (χ2v) is 4.80. The maximum absolute atomic E-state index is 12.0. The van der Waals surface area contributed by atoms with Crippen LogP contribution in [0.5, 0.6) is 0 Å². The number of hydroxylamine groups is 2. The van der Waals surface area contributed by atoms with E-state index in [9.17, 15) is 9.59 Å². The van der Waals surface area contributed by atoms with E-state index in [-0.39, 0.29) is 17.8 Å². The summed E-state index contributed by atoms with van der Waals surface area (Å²) in [5.74, 6) is -0.731. The van der Waals surface area contributed by atoms with Gasteiger partial charge in [0.15, 0.2) is 0 Å². The molecule has 2 heterocycles. The average Bonchev–Trinajstić information content (AvgIpc) is 2.77. The molecule has 1 fully saturated rings. The molecule has 100 valence electrons. The van der Waals surface area contributed by atoms with Crippen molar-refractivity contribution in [1.82, 2.24) is 5.06 Å². The first-order chi connectivity index (χ1) is 9.25. The van der Waals surface area contributed by atoms with Gasteiger partial charge in [0.1, 0.15) is 0 Å². The molecule has 0 N–H and O–H groups in total. The van der Waals surface area contributed by atoms with Crippen molar-refractivity contribution < 1.29 is 19.2 Å². The van der Waals surface area contributed by atoms with Crippen LogP contribution in [-0.4, -0.2) is 30.2 Å². The SMILES string of the molecule is O=C(ON1Cc2ccccc2C1=O)C1CCOCC1. The number of benzene rings is 1. The fourth-order valence-electron chi connectivity index (χ4n) is 2.42. The van der Waals surface area contributed by atoms with Gasteiger partial charge in [0, 0.05) is 18.8 Å². The molecule has 0 unspecified atom stereocenters. The Balaban J connectivity index is 1.66. The van der Waals surface area contributed by atoms with Crippen LogP contribution in [0.25, 0.3) is 0 Å². The molecule has 1 aromatic carbocycles. The number of rotatable bonds is 2. The number of ether oxygens (including phenoxy) is 1. The summed E-state index contributed by atoms with van der Waals surface area (Å²) in [5, 5.41) is 1.16. The number of hydrogen-bond donors (Lipinski definition) is 0. The minimum atomic E-state index is -0.329. The molecule has 0 saturated carbocycles. The third-order valence-corrected chi connectivity index (χ3v) is 3.54. The number of hydrogen-bond acceptors (Lipinski definition) is 4. The van der Waals surface area contributed by atoms with Gasteiger partial charge in [-0.05, 0) is 24.5 Å². The number of carbonyl (C=O) groups excluding carboxylic acids is 2. The fourth-order valence-corrected chi connectivity index (χ4v) is 2.42. The number of carbonyl (C=O) groups is 2. The Labute approximate surface area is 111 Å². The first-order valence-corrected chi connectivity index (χ1v) is 6.45. The zero-order valence-electron chi connectivity index (χ0n) is 10.5. The molecule has 5 heteroatoms. The van der Waals surface area contributed by atoms with Crippen LogP contribution in [0.1, 0.15) is 28.8 Å². The summed E-state index contributed by atoms with van der Waals surface area (Å²) in [6.07, 6.45) is 1.32. The Hall–Kier alpha value is -1.88. The number of amides is 1. The molecule has 0 aromatic heterocycles. The Morgan fingerprint density at radius 1 is 1.26 bits per heavy atom. The van der Waals surface area contributed by atoms with E-state index >= 15 is 0 Å². The monoisotopic (exact) mass is 261 g/mol. The lowest BCUT2D eigenvalue weighted by Gasteiger charge is -2.22. The van der Waals surface area contributed by atoms with Crippen LogP contribution < -0.4 is 0 Å². The number of fused-ring (bicyclic) bond motifs is 1. The minimum absolute atomic E-state index is 0.162. The third kappa shape index (κ3) is 2.33. The van der Waals surface area contributed by atoms with Crippen LogP contribution in [0.2, 0.25) is 0 Å². The predicted molar refractivity (Wildman–Crippen MR) is 66.0 cm³/mol. The van der Waals surface area contributed by atoms with Crippen molar-refractivity contribution in [2.24, 2.45) is 5.92 Å². The lowest BCUT2D eigenvalue weighted by molar-refractivity contribution is -0.186. The van der Waals surface area contributed by atoms with Gasteiger partial charge in [-0.25, -0.2) is 4.79 Å². The lowest BCUT2D eigenvalue weighted by Crippen LogP contribution is -2.33. The zero-order chi connectivity index (χ0) is 13.2. The molecular weight excluding hydrogens is 246 g/mol. The van der Waals surface area contributed by atoms with Crippen LogP contribution >= 0.6 is 0 Å². The van der Waals surface area contributed by atoms with E-state index < -0.39 is 0 Å². The fraction of sp³-hybridized carbons (Fsp3) is 0.429. The Morgan fingerprint density at radius 2 is 2.00 bits per heavy atom. The van der Waals surface area contributed by atoms with Gasteiger partial charge in [0.25, 0.3) is 5.91 Å². The average molecular weight is 261 g/mol. The Morgan fingerprint density at radius 3 is 2.74 bits per heavy atom. The Kier molecular flexibility index (Phi) is 3.21. The van der Waals surface area contributed by atoms with E-state index in [0.717, 1.165) is 10.6 Å². The highest BCUT2D eigenvalue weighted by atomic mass is 16.7. The normalized spacial score (nSPS) is 19.4. The second-order valence-electron chi connectivity index (χ2n) is 4.80. The molecule has 3 rings (SSSR count). The standard InChI is InChI=1S/C14H15NO4/c16-13-12-4-2-1-3-11(12)9-15(13)19-14(17)10-5-7-18-8-6-10/h1-4,10H,5-9H2. The first kappa shape index (κ1) is 12.2. The van der Waals surface area contributed by atoms with E-state index in [0.29, 0.717) is 38.2 Å². The van der Waals surface area contributed by atoms with E-state index in [1.54, 1.807) is 12.1 Å². The van der Waals surface area contributed by atoms with E-state index in [4.69, 9.17) is 9.57 Å². The van der Waals surface area contributed by atoms with Crippen LogP contribution in [0, 0.1) is 5.92 Å². The molecular formula is C14H15NO4. The van der Waals surface area contributed by atoms with Crippen LogP contribution in [0.15, 0.2) is 24.3 Å². The van der Waals surface area contributed by atoms with Crippen LogP contribution in [-0.2, 0) is 20.9 Å². The molecule has 0 radical (unpaired) electrons. The highest BCUT2D eigenvalue weighted by Crippen LogP contribution is 2.24. The molecule has 0 spiro atoms. The summed E-state index contributed by atoms with van der Waals surface area (Å²) >= 11 is 0. The van der Waals surface area contributed by atoms with Gasteiger partial charge in [-0.2, -0.15) is 5.06 Å². The van der Waals surface area contributed by atoms with Gasteiger partial charge < -0.3 is 9.57 Å². The molecule has 1 amide bonds. The van der Waals surface area contributed by atoms with Gasteiger partial charge in [-0.15, -0.1) is 0 Å². The van der Waals surface area contributed by atoms with E-state index in [2.05, 4.69) is 0 Å². The van der Waals surface area contributed by atoms with Crippen molar-refractivity contribution in [3.63, 3.8) is 0 Å². The van der Waals surface area contributed by atoms with Crippen molar-refractivity contribution in [3.05, 3.63) is 35.4 Å². The van der Waals surface area contributed by atoms with E-state index in [1.165, 1.54) is 0 Å². The van der Waals surface area contributed by atoms with Crippen molar-refractivity contribution in [2.45, 2.75) is 19.4 Å². The van der Waals surface area contributed by atoms with Crippen molar-refractivity contribution in [3.8, 4) is 0 Å². The van der Waals surface area contributed by atoms with Gasteiger partial charge in [-0.1, -0.05) is 18.2 Å². The van der Waals surface area contributed by atoms with Gasteiger partial charge in [0.2, 0.25) is 0 Å². The largest absolute Gasteiger partial charge is 0.381 e. The maximum atomic E-state index is 12.0. The summed E-state index contributed by atoms with van der Waals surface area (Å²) in [6, 6.07) is 7.30. The zero-order valence-corrected chi connectivity index (χ0v) is 10.5. The molecule has 1 aromatic rings. The smallest absolute Gasteiger partial charge is 0.335 e. The van der Waals surface area contributed by atoms with E-state index in [1.807, 2.05) is 12.1 Å². The minimum Gasteiger partial charge on any atom is -0.381 e. The summed E-state index contributed by atoms with van der Waals surface area (Å²) in [5.41, 5.74) is 1.51. The summed E-state index contributed by atoms with van der Waals surface area (Å²) < 4.78 is 5.20. The molecule has 2 aliphatic heterocycles. The molecule has 0 aliphatic carbocycles. The van der Waals surface area contributed by atoms with Gasteiger partial charge >= 0.3 is 5.97 Å². The first-order valence-electron chi connectivity index (χ1n) is 6.45. The Bertz CT molecular complexity index is 508. The molecule has 1 saturated heterocycles. The van der Waals surface area contributed by atoms with Crippen molar-refractivity contribution in [2.75, 3.05) is 13.2 Å². The van der Waals surface area contributed by atoms with Crippen molar-refractivity contribution >= 4 is 11.9 Å². The third-order valence-electron chi connectivity index (χ3n) is 3.54. The van der Waals surface area contributed by atoms with Crippen molar-refractivity contribution in [1.29, 1.82) is 0 Å². The molecule has 19 heavy (non-hydrogen) atoms. The van der Waals surface area contributed by atoms with Crippen LogP contribution in [0.3, 0.4) is 0 Å². The summed E-state index contributed by atoms with van der Waals surface area (Å²) in [7, 11) is 0. The quantitative estimate of drug-likeness (QED) is 0.810. The summed E-state index contributed by atoms with van der Waals surface area (Å²) in [6.45, 7) is 1.49. The lowest BCUT2D eigenvalue weighted by atomic mass is 10.0. The molecule has 0 atom stereocenters. The molecule has 2 aliphatic rings. The van der Waals surface area contributed by atoms with Crippen LogP contribution in [0.4, 0.5) is 0 Å². The predicted octanol–water partition coefficient (Wildman–Crippen LogP) is 1.53. The highest BCUT2D eigenvalue weighted by molar-refractivity contribution is 5.98. The molecule has 0 bridgehead atoms. The summed E-state index contributed by atoms with van der Waals surface area (Å²) in [4.78, 5) is 29.3. The topological polar surface area (TPSA) is 55.8 Å². The number of nitrogens with zero attached hydrogens (tertiary/aromatic N) is 1. The van der Waals surface area contributed by atoms with Gasteiger partial charge in [-0.3, -0.25) is 4.79 Å². The maximum Gasteiger partial charge on any atom is 0.335 e.